The van der Waals surface area contributed by atoms with E-state index in [1.807, 2.05) is 140 Å². The summed E-state index contributed by atoms with van der Waals surface area (Å²) in [4.78, 5) is 12.0. The van der Waals surface area contributed by atoms with E-state index in [-0.39, 0.29) is 29.0 Å². The molecule has 0 saturated heterocycles. The van der Waals surface area contributed by atoms with Gasteiger partial charge in [-0.05, 0) is 57.7 Å². The van der Waals surface area contributed by atoms with Crippen LogP contribution in [0, 0.1) is 0 Å². The summed E-state index contributed by atoms with van der Waals surface area (Å²) in [5.41, 5.74) is 6.62. The van der Waals surface area contributed by atoms with Crippen LogP contribution in [0.15, 0.2) is 182 Å². The first-order valence-electron chi connectivity index (χ1n) is 23.7. The Morgan fingerprint density at radius 2 is 0.627 bits per heavy atom. The van der Waals surface area contributed by atoms with E-state index in [1.165, 1.54) is 11.1 Å². The summed E-state index contributed by atoms with van der Waals surface area (Å²) in [6.07, 6.45) is 0.424. The van der Waals surface area contributed by atoms with Crippen LogP contribution in [-0.4, -0.2) is 59.0 Å². The number of rotatable bonds is 30. The number of carbonyl (C=O) groups excluding carboxylic acids is 1. The topological polar surface area (TPSA) is 72.5 Å². The molecule has 0 aliphatic carbocycles. The van der Waals surface area contributed by atoms with Crippen molar-refractivity contribution < 1.29 is 33.2 Å². The largest absolute Gasteiger partial charge is 0.371 e. The van der Waals surface area contributed by atoms with Crippen molar-refractivity contribution in [3.8, 4) is 0 Å². The smallest absolute Gasteiger partial charge is 0.151 e. The number of aldehydes is 1. The van der Waals surface area contributed by atoms with Crippen molar-refractivity contribution in [1.29, 1.82) is 0 Å². The molecule has 6 aromatic carbocycles. The minimum Gasteiger partial charge on any atom is -0.371 e. The highest BCUT2D eigenvalue weighted by Gasteiger charge is 2.37. The average molecular weight is 943 g/mol. The number of ether oxygens (including phenoxy) is 6. The highest BCUT2D eigenvalue weighted by atomic mass is 32.2. The zero-order valence-corrected chi connectivity index (χ0v) is 41.3. The van der Waals surface area contributed by atoms with E-state index in [4.69, 9.17) is 28.4 Å². The summed E-state index contributed by atoms with van der Waals surface area (Å²) in [7, 11) is 0. The van der Waals surface area contributed by atoms with E-state index in [0.29, 0.717) is 46.1 Å². The van der Waals surface area contributed by atoms with Crippen molar-refractivity contribution in [2.45, 2.75) is 121 Å². The number of benzene rings is 6. The predicted octanol–water partition coefficient (Wildman–Crippen LogP) is 13.3. The molecule has 0 bridgehead atoms. The van der Waals surface area contributed by atoms with E-state index in [9.17, 15) is 4.79 Å². The van der Waals surface area contributed by atoms with Crippen molar-refractivity contribution in [2.75, 3.05) is 11.5 Å². The number of carbonyl (C=O) groups is 1. The highest BCUT2D eigenvalue weighted by Crippen LogP contribution is 2.34. The van der Waals surface area contributed by atoms with Crippen LogP contribution in [0.3, 0.4) is 0 Å². The maximum atomic E-state index is 12.0. The van der Waals surface area contributed by atoms with Gasteiger partial charge in [0.2, 0.25) is 0 Å². The number of hydrogen-bond acceptors (Lipinski definition) is 9. The summed E-state index contributed by atoms with van der Waals surface area (Å²) in [6.45, 7) is 11.5. The quantitative estimate of drug-likeness (QED) is 0.0324. The lowest BCUT2D eigenvalue weighted by molar-refractivity contribution is -0.159. The van der Waals surface area contributed by atoms with Gasteiger partial charge in [-0.3, -0.25) is 0 Å². The van der Waals surface area contributed by atoms with Crippen LogP contribution in [0.1, 0.15) is 73.9 Å². The molecular formula is C58H70O7S2. The Labute approximate surface area is 409 Å². The van der Waals surface area contributed by atoms with E-state index in [0.717, 1.165) is 46.5 Å². The second kappa shape index (κ2) is 32.2. The molecule has 0 heterocycles. The van der Waals surface area contributed by atoms with Crippen molar-refractivity contribution >= 4 is 29.8 Å². The Balaban J connectivity index is 0.000000254. The van der Waals surface area contributed by atoms with Gasteiger partial charge in [-0.1, -0.05) is 210 Å². The van der Waals surface area contributed by atoms with Crippen LogP contribution < -0.4 is 0 Å². The first kappa shape index (κ1) is 53.4. The molecule has 0 aromatic heterocycles. The number of thioether (sulfide) groups is 2. The SMILES string of the molecule is CCSC(SCC)[C@H](OCc1ccccc1)[C@H](OCc1ccccc1)[C@@H](CC)OCc1ccccc1.CC[C@@H](OCc1ccccc1)[C@@H](OCc1ccccc1)[C@H](C=O)OCc1ccccc1. The van der Waals surface area contributed by atoms with Gasteiger partial charge in [-0.25, -0.2) is 0 Å². The summed E-state index contributed by atoms with van der Waals surface area (Å²) in [6, 6.07) is 60.9. The Morgan fingerprint density at radius 3 is 0.925 bits per heavy atom. The molecule has 0 fully saturated rings. The fraction of sp³-hybridized carbons (Fsp3) is 0.362. The van der Waals surface area contributed by atoms with Gasteiger partial charge in [0, 0.05) is 0 Å². The monoisotopic (exact) mass is 942 g/mol. The third-order valence-electron chi connectivity index (χ3n) is 11.0. The third kappa shape index (κ3) is 19.5. The molecule has 6 atom stereocenters. The van der Waals surface area contributed by atoms with Crippen molar-refractivity contribution in [2.24, 2.45) is 0 Å². The third-order valence-corrected chi connectivity index (χ3v) is 13.7. The van der Waals surface area contributed by atoms with E-state index >= 15 is 0 Å². The average Bonchev–Trinajstić information content (AvgIpc) is 3.39. The van der Waals surface area contributed by atoms with Gasteiger partial charge in [-0.15, -0.1) is 23.5 Å². The molecule has 67 heavy (non-hydrogen) atoms. The molecule has 0 amide bonds. The molecule has 7 nitrogen and oxygen atoms in total. The molecule has 0 aliphatic heterocycles. The van der Waals surface area contributed by atoms with Crippen LogP contribution >= 0.6 is 23.5 Å². The van der Waals surface area contributed by atoms with Crippen LogP contribution in [0.5, 0.6) is 0 Å². The molecule has 9 heteroatoms. The van der Waals surface area contributed by atoms with Gasteiger partial charge in [0.1, 0.15) is 24.4 Å². The second-order valence-electron chi connectivity index (χ2n) is 15.9. The lowest BCUT2D eigenvalue weighted by atomic mass is 10.1. The minimum absolute atomic E-state index is 0.0906. The maximum absolute atomic E-state index is 12.0. The van der Waals surface area contributed by atoms with Crippen molar-refractivity contribution in [1.82, 2.24) is 0 Å². The molecule has 356 valence electrons. The molecule has 0 unspecified atom stereocenters. The Bertz CT molecular complexity index is 2110. The van der Waals surface area contributed by atoms with E-state index in [1.54, 1.807) is 0 Å². The Hall–Kier alpha value is -4.55. The summed E-state index contributed by atoms with van der Waals surface area (Å²) in [5, 5.41) is 0. The summed E-state index contributed by atoms with van der Waals surface area (Å²) in [5.74, 6) is 2.05. The zero-order chi connectivity index (χ0) is 47.2. The molecular weight excluding hydrogens is 873 g/mol. The predicted molar refractivity (Wildman–Crippen MR) is 277 cm³/mol. The standard InChI is InChI=1S/C31H40O3S2.C27H30O4/c1-4-28(32-22-25-16-10-7-11-17-25)29(33-23-26-18-12-8-13-19-26)30(31(35-5-2)36-6-3)34-24-27-20-14-9-15-21-27;1-2-25(29-19-22-12-6-3-7-13-22)27(31-21-24-16-10-5-11-17-24)26(18-28)30-20-23-14-8-4-9-15-23/h7-21,28-31H,4-6,22-24H2,1-3H3;3-18,25-27H,2,19-21H2,1H3/t28-,29-,30-;25-,26+,27-/m11/s1. The zero-order valence-electron chi connectivity index (χ0n) is 39.7. The van der Waals surface area contributed by atoms with Crippen LogP contribution in [0.4, 0.5) is 0 Å². The van der Waals surface area contributed by atoms with E-state index < -0.39 is 12.2 Å². The lowest BCUT2D eigenvalue weighted by Crippen LogP contribution is -2.46. The molecule has 0 spiro atoms. The molecule has 6 rings (SSSR count). The van der Waals surface area contributed by atoms with Crippen molar-refractivity contribution in [3.63, 3.8) is 0 Å². The van der Waals surface area contributed by atoms with Gasteiger partial charge < -0.3 is 33.2 Å². The lowest BCUT2D eigenvalue weighted by Gasteiger charge is -2.37. The molecule has 0 aliphatic rings. The molecule has 6 aromatic rings. The Morgan fingerprint density at radius 1 is 0.358 bits per heavy atom. The van der Waals surface area contributed by atoms with Crippen molar-refractivity contribution in [3.05, 3.63) is 215 Å². The normalized spacial score (nSPS) is 14.0. The van der Waals surface area contributed by atoms with Gasteiger partial charge in [0.05, 0.1) is 56.4 Å². The summed E-state index contributed by atoms with van der Waals surface area (Å²) < 4.78 is 38.7. The van der Waals surface area contributed by atoms with Gasteiger partial charge in [0.25, 0.3) is 0 Å². The second-order valence-corrected chi connectivity index (χ2v) is 19.1. The first-order valence-corrected chi connectivity index (χ1v) is 25.8. The highest BCUT2D eigenvalue weighted by molar-refractivity contribution is 8.17. The molecule has 0 saturated carbocycles. The van der Waals surface area contributed by atoms with E-state index in [2.05, 4.69) is 93.6 Å². The fourth-order valence-electron chi connectivity index (χ4n) is 7.45. The van der Waals surface area contributed by atoms with Crippen LogP contribution in [0.2, 0.25) is 0 Å². The number of hydrogen-bond donors (Lipinski definition) is 0. The van der Waals surface area contributed by atoms with Gasteiger partial charge in [0.15, 0.2) is 6.29 Å². The first-order chi connectivity index (χ1) is 33.0. The molecule has 0 N–H and O–H groups in total. The van der Waals surface area contributed by atoms with Gasteiger partial charge in [-0.2, -0.15) is 0 Å². The molecule has 0 radical (unpaired) electrons. The Kier molecular flexibility index (Phi) is 25.7. The van der Waals surface area contributed by atoms with Crippen LogP contribution in [0.25, 0.3) is 0 Å². The summed E-state index contributed by atoms with van der Waals surface area (Å²) >= 11 is 3.88. The van der Waals surface area contributed by atoms with Crippen LogP contribution in [-0.2, 0) is 72.9 Å². The maximum Gasteiger partial charge on any atom is 0.151 e. The fourth-order valence-corrected chi connectivity index (χ4v) is 10.2. The van der Waals surface area contributed by atoms with Gasteiger partial charge >= 0.3 is 0 Å². The minimum atomic E-state index is -0.732.